The largest absolute Gasteiger partial charge is 0.419 e. The molecule has 3 rings (SSSR count). The first kappa shape index (κ1) is 15.5. The van der Waals surface area contributed by atoms with Gasteiger partial charge in [0.05, 0.1) is 23.2 Å². The molecule has 1 saturated heterocycles. The Kier molecular flexibility index (Phi) is 4.76. The highest BCUT2D eigenvalue weighted by Crippen LogP contribution is 2.27. The smallest absolute Gasteiger partial charge is 0.249 e. The molecule has 1 aromatic heterocycles. The second-order valence-electron chi connectivity index (χ2n) is 5.83. The minimum atomic E-state index is -0.225. The Hall–Kier alpha value is -1.43. The van der Waals surface area contributed by atoms with E-state index in [1.165, 1.54) is 0 Å². The summed E-state index contributed by atoms with van der Waals surface area (Å²) in [5.74, 6) is 1.46. The van der Waals surface area contributed by atoms with Gasteiger partial charge in [-0.05, 0) is 50.9 Å². The third kappa shape index (κ3) is 3.48. The number of aromatic nitrogens is 2. The van der Waals surface area contributed by atoms with E-state index in [0.717, 1.165) is 31.5 Å². The molecule has 1 aromatic carbocycles. The molecule has 0 bridgehead atoms. The first-order valence-corrected chi connectivity index (χ1v) is 7.99. The van der Waals surface area contributed by atoms with Gasteiger partial charge in [0.1, 0.15) is 0 Å². The van der Waals surface area contributed by atoms with Crippen LogP contribution in [0.4, 0.5) is 0 Å². The van der Waals surface area contributed by atoms with Crippen LogP contribution in [0.25, 0.3) is 11.5 Å². The van der Waals surface area contributed by atoms with Gasteiger partial charge in [-0.1, -0.05) is 23.7 Å². The Morgan fingerprint density at radius 2 is 2.05 bits per heavy atom. The van der Waals surface area contributed by atoms with Crippen LogP contribution in [0.3, 0.4) is 0 Å². The Bertz CT molecular complexity index is 621. The number of piperidine rings is 1. The van der Waals surface area contributed by atoms with Gasteiger partial charge in [-0.3, -0.25) is 4.90 Å². The van der Waals surface area contributed by atoms with E-state index in [9.17, 15) is 5.11 Å². The average Bonchev–Trinajstić information content (AvgIpc) is 2.96. The maximum absolute atomic E-state index is 9.64. The molecule has 0 spiro atoms. The number of rotatable bonds is 4. The highest BCUT2D eigenvalue weighted by atomic mass is 35.5. The molecule has 0 aliphatic carbocycles. The predicted octanol–water partition coefficient (Wildman–Crippen LogP) is 2.98. The van der Waals surface area contributed by atoms with Gasteiger partial charge in [-0.25, -0.2) is 0 Å². The summed E-state index contributed by atoms with van der Waals surface area (Å²) < 4.78 is 5.73. The van der Waals surface area contributed by atoms with Gasteiger partial charge >= 0.3 is 0 Å². The average molecular weight is 322 g/mol. The summed E-state index contributed by atoms with van der Waals surface area (Å²) >= 11 is 6.14. The lowest BCUT2D eigenvalue weighted by Crippen LogP contribution is -2.36. The van der Waals surface area contributed by atoms with Crippen LogP contribution in [0.5, 0.6) is 0 Å². The Labute approximate surface area is 134 Å². The molecule has 5 nitrogen and oxygen atoms in total. The molecule has 2 heterocycles. The van der Waals surface area contributed by atoms with Crippen molar-refractivity contribution in [3.8, 4) is 11.5 Å². The quantitative estimate of drug-likeness (QED) is 0.938. The van der Waals surface area contributed by atoms with E-state index in [1.807, 2.05) is 31.2 Å². The van der Waals surface area contributed by atoms with Gasteiger partial charge in [0.15, 0.2) is 0 Å². The van der Waals surface area contributed by atoms with Crippen molar-refractivity contribution in [2.75, 3.05) is 13.1 Å². The normalized spacial score (nSPS) is 18.5. The van der Waals surface area contributed by atoms with E-state index in [2.05, 4.69) is 15.1 Å². The number of nitrogens with zero attached hydrogens (tertiary/aromatic N) is 3. The molecule has 6 heteroatoms. The van der Waals surface area contributed by atoms with E-state index in [-0.39, 0.29) is 6.10 Å². The van der Waals surface area contributed by atoms with Crippen molar-refractivity contribution in [1.29, 1.82) is 0 Å². The third-order valence-electron chi connectivity index (χ3n) is 4.24. The monoisotopic (exact) mass is 321 g/mol. The van der Waals surface area contributed by atoms with Crippen LogP contribution in [-0.2, 0) is 6.54 Å². The third-order valence-corrected chi connectivity index (χ3v) is 4.57. The molecule has 1 atom stereocenters. The van der Waals surface area contributed by atoms with Crippen molar-refractivity contribution in [1.82, 2.24) is 15.1 Å². The van der Waals surface area contributed by atoms with Gasteiger partial charge in [0.2, 0.25) is 11.8 Å². The molecule has 22 heavy (non-hydrogen) atoms. The summed E-state index contributed by atoms with van der Waals surface area (Å²) in [4.78, 5) is 2.28. The number of likely N-dealkylation sites (tertiary alicyclic amines) is 1. The molecule has 1 fully saturated rings. The topological polar surface area (TPSA) is 62.4 Å². The highest BCUT2D eigenvalue weighted by molar-refractivity contribution is 6.33. The maximum Gasteiger partial charge on any atom is 0.249 e. The zero-order valence-electron chi connectivity index (χ0n) is 12.6. The first-order chi connectivity index (χ1) is 10.6. The van der Waals surface area contributed by atoms with E-state index < -0.39 is 0 Å². The summed E-state index contributed by atoms with van der Waals surface area (Å²) in [5.41, 5.74) is 0.760. The lowest BCUT2D eigenvalue weighted by Gasteiger charge is -2.32. The van der Waals surface area contributed by atoms with Gasteiger partial charge < -0.3 is 9.52 Å². The summed E-state index contributed by atoms with van der Waals surface area (Å²) in [5, 5.41) is 18.4. The van der Waals surface area contributed by atoms with Crippen LogP contribution in [0.2, 0.25) is 5.02 Å². The van der Waals surface area contributed by atoms with Crippen molar-refractivity contribution < 1.29 is 9.52 Å². The molecular weight excluding hydrogens is 302 g/mol. The molecule has 1 N–H and O–H groups in total. The SMILES string of the molecule is CC(O)C1CCN(Cc2nnc(-c3ccccc3Cl)o2)CC1. The van der Waals surface area contributed by atoms with Gasteiger partial charge in [0.25, 0.3) is 0 Å². The minimum Gasteiger partial charge on any atom is -0.419 e. The van der Waals surface area contributed by atoms with Crippen LogP contribution in [-0.4, -0.2) is 39.4 Å². The van der Waals surface area contributed by atoms with E-state index in [0.29, 0.717) is 29.3 Å². The summed E-state index contributed by atoms with van der Waals surface area (Å²) in [6.45, 7) is 4.40. The van der Waals surface area contributed by atoms with Crippen molar-refractivity contribution in [3.05, 3.63) is 35.2 Å². The summed E-state index contributed by atoms with van der Waals surface area (Å²) in [7, 11) is 0. The van der Waals surface area contributed by atoms with Crippen LogP contribution < -0.4 is 0 Å². The number of hydrogen-bond donors (Lipinski definition) is 1. The number of hydrogen-bond acceptors (Lipinski definition) is 5. The minimum absolute atomic E-state index is 0.225. The predicted molar refractivity (Wildman–Crippen MR) is 84.4 cm³/mol. The first-order valence-electron chi connectivity index (χ1n) is 7.61. The van der Waals surface area contributed by atoms with Crippen molar-refractivity contribution >= 4 is 11.6 Å². The Morgan fingerprint density at radius 1 is 1.32 bits per heavy atom. The number of aliphatic hydroxyl groups is 1. The van der Waals surface area contributed by atoms with Crippen LogP contribution in [0.1, 0.15) is 25.7 Å². The summed E-state index contributed by atoms with van der Waals surface area (Å²) in [6.07, 6.45) is 1.78. The Morgan fingerprint density at radius 3 is 2.73 bits per heavy atom. The zero-order valence-corrected chi connectivity index (χ0v) is 13.3. The second kappa shape index (κ2) is 6.77. The zero-order chi connectivity index (χ0) is 15.5. The fourth-order valence-corrected chi connectivity index (χ4v) is 3.06. The molecule has 118 valence electrons. The highest BCUT2D eigenvalue weighted by Gasteiger charge is 2.23. The molecular formula is C16H20ClN3O2. The standard InChI is InChI=1S/C16H20ClN3O2/c1-11(21)12-6-8-20(9-7-12)10-15-18-19-16(22-15)13-4-2-3-5-14(13)17/h2-5,11-12,21H,6-10H2,1H3. The molecule has 0 saturated carbocycles. The molecule has 1 aliphatic rings. The fraction of sp³-hybridized carbons (Fsp3) is 0.500. The van der Waals surface area contributed by atoms with Gasteiger partial charge in [0, 0.05) is 0 Å². The number of aliphatic hydroxyl groups excluding tert-OH is 1. The Balaban J connectivity index is 1.62. The molecule has 1 unspecified atom stereocenters. The van der Waals surface area contributed by atoms with Gasteiger partial charge in [-0.15, -0.1) is 10.2 Å². The summed E-state index contributed by atoms with van der Waals surface area (Å²) in [6, 6.07) is 7.44. The maximum atomic E-state index is 9.64. The van der Waals surface area contributed by atoms with Crippen LogP contribution >= 0.6 is 11.6 Å². The number of halogens is 1. The lowest BCUT2D eigenvalue weighted by molar-refractivity contribution is 0.0668. The van der Waals surface area contributed by atoms with E-state index in [1.54, 1.807) is 0 Å². The van der Waals surface area contributed by atoms with Crippen molar-refractivity contribution in [3.63, 3.8) is 0 Å². The van der Waals surface area contributed by atoms with Gasteiger partial charge in [-0.2, -0.15) is 0 Å². The molecule has 2 aromatic rings. The molecule has 0 radical (unpaired) electrons. The van der Waals surface area contributed by atoms with E-state index >= 15 is 0 Å². The van der Waals surface area contributed by atoms with Crippen LogP contribution in [0.15, 0.2) is 28.7 Å². The number of benzene rings is 1. The van der Waals surface area contributed by atoms with Crippen molar-refractivity contribution in [2.24, 2.45) is 5.92 Å². The second-order valence-corrected chi connectivity index (χ2v) is 6.24. The fourth-order valence-electron chi connectivity index (χ4n) is 2.85. The van der Waals surface area contributed by atoms with E-state index in [4.69, 9.17) is 16.0 Å². The lowest BCUT2D eigenvalue weighted by atomic mass is 9.92. The van der Waals surface area contributed by atoms with Crippen molar-refractivity contribution in [2.45, 2.75) is 32.4 Å². The molecule has 0 amide bonds. The molecule has 1 aliphatic heterocycles. The van der Waals surface area contributed by atoms with Crippen LogP contribution in [0, 0.1) is 5.92 Å².